The number of hydrogen-bond donors (Lipinski definition) is 2. The molecule has 0 heterocycles. The zero-order chi connectivity index (χ0) is 10.7. The fourth-order valence-corrected chi connectivity index (χ4v) is 2.28. The maximum absolute atomic E-state index is 9.38. The van der Waals surface area contributed by atoms with Gasteiger partial charge in [0.2, 0.25) is 0 Å². The van der Waals surface area contributed by atoms with Gasteiger partial charge in [0.15, 0.2) is 0 Å². The van der Waals surface area contributed by atoms with Gasteiger partial charge in [0, 0.05) is 23.0 Å². The van der Waals surface area contributed by atoms with Crippen molar-refractivity contribution in [1.82, 2.24) is 5.32 Å². The lowest BCUT2D eigenvalue weighted by atomic mass is 10.00. The van der Waals surface area contributed by atoms with Gasteiger partial charge < -0.3 is 10.4 Å². The van der Waals surface area contributed by atoms with E-state index in [1.807, 2.05) is 18.2 Å². The van der Waals surface area contributed by atoms with E-state index in [0.29, 0.717) is 6.04 Å². The van der Waals surface area contributed by atoms with Crippen molar-refractivity contribution in [2.75, 3.05) is 13.2 Å². The predicted octanol–water partition coefficient (Wildman–Crippen LogP) is 2.28. The van der Waals surface area contributed by atoms with Crippen molar-refractivity contribution in [1.29, 1.82) is 0 Å². The highest BCUT2D eigenvalue weighted by atomic mass is 79.9. The highest BCUT2D eigenvalue weighted by Crippen LogP contribution is 2.25. The van der Waals surface area contributed by atoms with Gasteiger partial charge in [-0.25, -0.2) is 0 Å². The fraction of sp³-hybridized carbons (Fsp3) is 0.500. The van der Waals surface area contributed by atoms with E-state index in [2.05, 4.69) is 27.3 Å². The third-order valence-corrected chi connectivity index (χ3v) is 3.52. The van der Waals surface area contributed by atoms with Crippen LogP contribution in [0.2, 0.25) is 0 Å². The fourth-order valence-electron chi connectivity index (χ4n) is 1.68. The number of benzene rings is 1. The van der Waals surface area contributed by atoms with Gasteiger partial charge in [-0.05, 0) is 24.5 Å². The first-order chi connectivity index (χ1) is 7.31. The van der Waals surface area contributed by atoms with E-state index in [1.165, 1.54) is 18.4 Å². The zero-order valence-corrected chi connectivity index (χ0v) is 10.2. The van der Waals surface area contributed by atoms with Crippen LogP contribution in [-0.2, 0) is 0 Å². The molecule has 1 aromatic carbocycles. The Kier molecular flexibility index (Phi) is 3.78. The van der Waals surface area contributed by atoms with Crippen molar-refractivity contribution >= 4 is 15.9 Å². The van der Waals surface area contributed by atoms with Crippen LogP contribution in [0, 0.1) is 0 Å². The molecule has 1 saturated carbocycles. The first kappa shape index (κ1) is 11.1. The molecule has 1 unspecified atom stereocenters. The minimum absolute atomic E-state index is 0.196. The molecule has 2 nitrogen and oxygen atoms in total. The lowest BCUT2D eigenvalue weighted by Gasteiger charge is -2.16. The summed E-state index contributed by atoms with van der Waals surface area (Å²) < 4.78 is 1.08. The standard InChI is InChI=1S/C12H16BrNO/c13-12-4-2-1-3-11(12)9(8-15)7-14-10-5-6-10/h1-4,9-10,14-15H,5-8H2. The van der Waals surface area contributed by atoms with Crippen molar-refractivity contribution < 1.29 is 5.11 Å². The van der Waals surface area contributed by atoms with Gasteiger partial charge in [0.25, 0.3) is 0 Å². The minimum atomic E-state index is 0.196. The maximum Gasteiger partial charge on any atom is 0.0512 e. The summed E-state index contributed by atoms with van der Waals surface area (Å²) in [5.41, 5.74) is 1.19. The normalized spacial score (nSPS) is 17.7. The summed E-state index contributed by atoms with van der Waals surface area (Å²) in [6, 6.07) is 8.80. The van der Waals surface area contributed by atoms with Gasteiger partial charge in [-0.1, -0.05) is 34.1 Å². The highest BCUT2D eigenvalue weighted by molar-refractivity contribution is 9.10. The lowest BCUT2D eigenvalue weighted by molar-refractivity contribution is 0.261. The van der Waals surface area contributed by atoms with Crippen LogP contribution in [0.15, 0.2) is 28.7 Å². The van der Waals surface area contributed by atoms with Crippen molar-refractivity contribution in [2.24, 2.45) is 0 Å². The van der Waals surface area contributed by atoms with Crippen LogP contribution in [0.3, 0.4) is 0 Å². The van der Waals surface area contributed by atoms with Crippen LogP contribution in [0.4, 0.5) is 0 Å². The van der Waals surface area contributed by atoms with E-state index >= 15 is 0 Å². The molecule has 1 aliphatic rings. The molecule has 0 amide bonds. The van der Waals surface area contributed by atoms with E-state index in [-0.39, 0.29) is 12.5 Å². The van der Waals surface area contributed by atoms with Crippen molar-refractivity contribution in [3.05, 3.63) is 34.3 Å². The van der Waals surface area contributed by atoms with Crippen LogP contribution in [0.5, 0.6) is 0 Å². The first-order valence-electron chi connectivity index (χ1n) is 5.40. The Morgan fingerprint density at radius 2 is 2.13 bits per heavy atom. The van der Waals surface area contributed by atoms with E-state index in [0.717, 1.165) is 11.0 Å². The van der Waals surface area contributed by atoms with Gasteiger partial charge in [-0.3, -0.25) is 0 Å². The number of aliphatic hydroxyl groups excluding tert-OH is 1. The minimum Gasteiger partial charge on any atom is -0.396 e. The second-order valence-corrected chi connectivity index (χ2v) is 4.94. The summed E-state index contributed by atoms with van der Waals surface area (Å²) in [5, 5.41) is 12.8. The molecular formula is C12H16BrNO. The van der Waals surface area contributed by atoms with Crippen LogP contribution in [-0.4, -0.2) is 24.3 Å². The van der Waals surface area contributed by atoms with E-state index in [1.54, 1.807) is 0 Å². The monoisotopic (exact) mass is 269 g/mol. The first-order valence-corrected chi connectivity index (χ1v) is 6.19. The SMILES string of the molecule is OCC(CNC1CC1)c1ccccc1Br. The Hall–Kier alpha value is -0.380. The molecular weight excluding hydrogens is 254 g/mol. The summed E-state index contributed by atoms with van der Waals surface area (Å²) >= 11 is 3.52. The van der Waals surface area contributed by atoms with Gasteiger partial charge in [-0.15, -0.1) is 0 Å². The lowest BCUT2D eigenvalue weighted by Crippen LogP contribution is -2.25. The number of halogens is 1. The molecule has 0 aromatic heterocycles. The summed E-state index contributed by atoms with van der Waals surface area (Å²) in [7, 11) is 0. The molecule has 3 heteroatoms. The van der Waals surface area contributed by atoms with Gasteiger partial charge >= 0.3 is 0 Å². The molecule has 1 aromatic rings. The molecule has 0 aliphatic heterocycles. The Bertz CT molecular complexity index is 325. The van der Waals surface area contributed by atoms with Gasteiger partial charge in [0.05, 0.1) is 6.61 Å². The molecule has 0 radical (unpaired) electrons. The molecule has 1 fully saturated rings. The van der Waals surface area contributed by atoms with E-state index in [4.69, 9.17) is 0 Å². The number of aliphatic hydroxyl groups is 1. The average Bonchev–Trinajstić information content (AvgIpc) is 3.05. The summed E-state index contributed by atoms with van der Waals surface area (Å²) in [5.74, 6) is 0.196. The highest BCUT2D eigenvalue weighted by Gasteiger charge is 2.22. The molecule has 0 bridgehead atoms. The third-order valence-electron chi connectivity index (χ3n) is 2.80. The second-order valence-electron chi connectivity index (χ2n) is 4.08. The van der Waals surface area contributed by atoms with Crippen LogP contribution in [0.25, 0.3) is 0 Å². The molecule has 82 valence electrons. The summed E-state index contributed by atoms with van der Waals surface area (Å²) in [6.45, 7) is 1.06. The number of hydrogen-bond acceptors (Lipinski definition) is 2. The Labute approximate surface area is 98.8 Å². The smallest absolute Gasteiger partial charge is 0.0512 e. The average molecular weight is 270 g/mol. The molecule has 2 rings (SSSR count). The van der Waals surface area contributed by atoms with Crippen molar-refractivity contribution in [3.63, 3.8) is 0 Å². The summed E-state index contributed by atoms with van der Waals surface area (Å²) in [6.07, 6.45) is 2.57. The van der Waals surface area contributed by atoms with Crippen LogP contribution >= 0.6 is 15.9 Å². The molecule has 2 N–H and O–H groups in total. The largest absolute Gasteiger partial charge is 0.396 e. The topological polar surface area (TPSA) is 32.3 Å². The molecule has 0 saturated heterocycles. The molecule has 15 heavy (non-hydrogen) atoms. The maximum atomic E-state index is 9.38. The Morgan fingerprint density at radius 1 is 1.40 bits per heavy atom. The molecule has 1 aliphatic carbocycles. The quantitative estimate of drug-likeness (QED) is 0.860. The van der Waals surface area contributed by atoms with E-state index in [9.17, 15) is 5.11 Å². The molecule has 1 atom stereocenters. The Balaban J connectivity index is 2.00. The van der Waals surface area contributed by atoms with Crippen LogP contribution < -0.4 is 5.32 Å². The van der Waals surface area contributed by atoms with Gasteiger partial charge in [-0.2, -0.15) is 0 Å². The van der Waals surface area contributed by atoms with Gasteiger partial charge in [0.1, 0.15) is 0 Å². The number of rotatable bonds is 5. The zero-order valence-electron chi connectivity index (χ0n) is 8.62. The third kappa shape index (κ3) is 3.03. The second kappa shape index (κ2) is 5.10. The van der Waals surface area contributed by atoms with E-state index < -0.39 is 0 Å². The predicted molar refractivity (Wildman–Crippen MR) is 65.0 cm³/mol. The van der Waals surface area contributed by atoms with Crippen molar-refractivity contribution in [2.45, 2.75) is 24.8 Å². The van der Waals surface area contributed by atoms with Crippen LogP contribution in [0.1, 0.15) is 24.3 Å². The molecule has 0 spiro atoms. The number of nitrogens with one attached hydrogen (secondary N) is 1. The van der Waals surface area contributed by atoms with Crippen molar-refractivity contribution in [3.8, 4) is 0 Å². The Morgan fingerprint density at radius 3 is 2.73 bits per heavy atom. The summed E-state index contributed by atoms with van der Waals surface area (Å²) in [4.78, 5) is 0.